The largest absolute Gasteiger partial charge is 0.370 e. The number of azo groups is 1. The van der Waals surface area contributed by atoms with Crippen LogP contribution in [0.1, 0.15) is 13.3 Å². The average molecular weight is 208 g/mol. The van der Waals surface area contributed by atoms with E-state index in [1.807, 2.05) is 6.92 Å². The predicted molar refractivity (Wildman–Crippen MR) is 59.0 cm³/mol. The zero-order valence-electron chi connectivity index (χ0n) is 8.82. The van der Waals surface area contributed by atoms with Crippen LogP contribution in [-0.4, -0.2) is 23.6 Å². The van der Waals surface area contributed by atoms with Gasteiger partial charge in [0, 0.05) is 18.7 Å². The van der Waals surface area contributed by atoms with E-state index in [4.69, 9.17) is 11.1 Å². The Hall–Kier alpha value is -1.85. The van der Waals surface area contributed by atoms with Crippen molar-refractivity contribution in [2.75, 3.05) is 6.54 Å². The van der Waals surface area contributed by atoms with Crippen LogP contribution in [-0.2, 0) is 0 Å². The molecule has 0 aliphatic carbocycles. The second kappa shape index (κ2) is 4.59. The Morgan fingerprint density at radius 1 is 1.67 bits per heavy atom. The number of rotatable bonds is 0. The highest BCUT2D eigenvalue weighted by atomic mass is 15.4. The van der Waals surface area contributed by atoms with Crippen LogP contribution in [0.25, 0.3) is 0 Å². The van der Waals surface area contributed by atoms with E-state index in [-0.39, 0.29) is 12.1 Å². The molecule has 82 valence electrons. The molecule has 1 heterocycles. The molecule has 0 aromatic carbocycles. The maximum absolute atomic E-state index is 7.40. The van der Waals surface area contributed by atoms with Crippen LogP contribution in [0.15, 0.2) is 34.9 Å². The van der Waals surface area contributed by atoms with Gasteiger partial charge in [0.1, 0.15) is 12.0 Å². The number of nitrogens with two attached hydrogens (primary N) is 1. The number of guanidine groups is 1. The van der Waals surface area contributed by atoms with Gasteiger partial charge in [-0.2, -0.15) is 5.11 Å². The molecule has 1 rings (SSSR count). The number of hydrogen-bond acceptors (Lipinski definition) is 4. The van der Waals surface area contributed by atoms with Crippen LogP contribution in [0.4, 0.5) is 0 Å². The quantitative estimate of drug-likeness (QED) is 0.409. The molecule has 6 nitrogen and oxygen atoms in total. The highest BCUT2D eigenvalue weighted by molar-refractivity contribution is 5.74. The van der Waals surface area contributed by atoms with Crippen LogP contribution in [0, 0.1) is 5.41 Å². The molecule has 1 unspecified atom stereocenters. The van der Waals surface area contributed by atoms with Crippen molar-refractivity contribution in [2.45, 2.75) is 19.5 Å². The highest BCUT2D eigenvalue weighted by Crippen LogP contribution is 2.09. The third-order valence-electron chi connectivity index (χ3n) is 2.08. The van der Waals surface area contributed by atoms with Gasteiger partial charge in [-0.1, -0.05) is 13.2 Å². The Morgan fingerprint density at radius 3 is 2.93 bits per heavy atom. The van der Waals surface area contributed by atoms with E-state index < -0.39 is 0 Å². The third-order valence-corrected chi connectivity index (χ3v) is 2.08. The molecule has 6 heteroatoms. The molecule has 1 aliphatic rings. The predicted octanol–water partition coefficient (Wildman–Crippen LogP) is 0.958. The lowest BCUT2D eigenvalue weighted by atomic mass is 10.3. The van der Waals surface area contributed by atoms with Crippen molar-refractivity contribution in [3.05, 3.63) is 24.7 Å². The second-order valence-corrected chi connectivity index (χ2v) is 3.35. The summed E-state index contributed by atoms with van der Waals surface area (Å²) in [5, 5.41) is 18.2. The topological polar surface area (TPSA) is 89.9 Å². The molecular weight excluding hydrogens is 192 g/mol. The van der Waals surface area contributed by atoms with Crippen LogP contribution in [0.5, 0.6) is 0 Å². The average Bonchev–Trinajstić information content (AvgIpc) is 2.18. The molecule has 0 bridgehead atoms. The molecule has 0 fully saturated rings. The lowest BCUT2D eigenvalue weighted by Gasteiger charge is -2.25. The van der Waals surface area contributed by atoms with Gasteiger partial charge in [-0.3, -0.25) is 5.41 Å². The van der Waals surface area contributed by atoms with E-state index in [1.54, 1.807) is 4.90 Å². The van der Waals surface area contributed by atoms with Gasteiger partial charge in [-0.05, 0) is 6.92 Å². The summed E-state index contributed by atoms with van der Waals surface area (Å²) >= 11 is 0. The lowest BCUT2D eigenvalue weighted by Crippen LogP contribution is -2.42. The van der Waals surface area contributed by atoms with E-state index in [0.717, 1.165) is 5.70 Å². The summed E-state index contributed by atoms with van der Waals surface area (Å²) in [5.41, 5.74) is 6.24. The zero-order valence-corrected chi connectivity index (χ0v) is 8.82. The Morgan fingerprint density at radius 2 is 2.33 bits per heavy atom. The van der Waals surface area contributed by atoms with E-state index in [9.17, 15) is 0 Å². The molecule has 4 N–H and O–H groups in total. The number of nitrogens with one attached hydrogen (secondary N) is 2. The first-order chi connectivity index (χ1) is 7.00. The van der Waals surface area contributed by atoms with Gasteiger partial charge in [-0.25, -0.2) is 0 Å². The lowest BCUT2D eigenvalue weighted by molar-refractivity contribution is 0.328. The Labute approximate surface area is 89.1 Å². The summed E-state index contributed by atoms with van der Waals surface area (Å²) in [7, 11) is 0. The molecule has 0 radical (unpaired) electrons. The molecule has 0 aromatic heterocycles. The fourth-order valence-corrected chi connectivity index (χ4v) is 1.27. The minimum Gasteiger partial charge on any atom is -0.370 e. The summed E-state index contributed by atoms with van der Waals surface area (Å²) in [5.74, 6) is 0.444. The number of nitrogens with zero attached hydrogens (tertiary/aromatic N) is 3. The molecule has 15 heavy (non-hydrogen) atoms. The summed E-state index contributed by atoms with van der Waals surface area (Å²) in [6, 6.07) is 0. The first-order valence-corrected chi connectivity index (χ1v) is 4.66. The fourth-order valence-electron chi connectivity index (χ4n) is 1.27. The molecule has 1 aliphatic heterocycles. The van der Waals surface area contributed by atoms with Gasteiger partial charge < -0.3 is 16.0 Å². The zero-order chi connectivity index (χ0) is 11.4. The first-order valence-electron chi connectivity index (χ1n) is 4.66. The monoisotopic (exact) mass is 208 g/mol. The van der Waals surface area contributed by atoms with Crippen molar-refractivity contribution in [3.63, 3.8) is 0 Å². The van der Waals surface area contributed by atoms with E-state index in [1.165, 1.54) is 0 Å². The smallest absolute Gasteiger partial charge is 0.190 e. The van der Waals surface area contributed by atoms with Crippen LogP contribution in [0.2, 0.25) is 0 Å². The summed E-state index contributed by atoms with van der Waals surface area (Å²) in [6.07, 6.45) is 0.417. The normalized spacial score (nSPS) is 24.9. The maximum atomic E-state index is 7.40. The van der Waals surface area contributed by atoms with E-state index in [0.29, 0.717) is 18.8 Å². The molecule has 0 spiro atoms. The van der Waals surface area contributed by atoms with Crippen molar-refractivity contribution in [1.82, 2.24) is 10.2 Å². The summed E-state index contributed by atoms with van der Waals surface area (Å²) < 4.78 is 0. The standard InChI is InChI=1S/C9H16N6/c1-6-4-5-15(9(10)11)8(3)14-13-7(2)12-6/h8,12H,1-2,4-5H2,3H3,(H3,10,11)/b14-13-. The number of hydrogen-bond donors (Lipinski definition) is 3. The molecule has 0 saturated heterocycles. The van der Waals surface area contributed by atoms with Crippen molar-refractivity contribution in [2.24, 2.45) is 16.0 Å². The van der Waals surface area contributed by atoms with Gasteiger partial charge >= 0.3 is 0 Å². The van der Waals surface area contributed by atoms with E-state index >= 15 is 0 Å². The Balaban J connectivity index is 2.84. The minimum atomic E-state index is -0.257. The minimum absolute atomic E-state index is 0.0123. The second-order valence-electron chi connectivity index (χ2n) is 3.35. The molecular formula is C9H16N6. The summed E-state index contributed by atoms with van der Waals surface area (Å²) in [6.45, 7) is 9.91. The SMILES string of the molecule is C=C1CCN(C(=N)N)C(C)/N=N\C(=C)N1. The highest BCUT2D eigenvalue weighted by Gasteiger charge is 2.16. The van der Waals surface area contributed by atoms with Crippen LogP contribution >= 0.6 is 0 Å². The Bertz CT molecular complexity index is 319. The van der Waals surface area contributed by atoms with Gasteiger partial charge in [0.2, 0.25) is 0 Å². The van der Waals surface area contributed by atoms with E-state index in [2.05, 4.69) is 28.7 Å². The molecule has 1 atom stereocenters. The van der Waals surface area contributed by atoms with Crippen molar-refractivity contribution in [1.29, 1.82) is 5.41 Å². The van der Waals surface area contributed by atoms with Crippen molar-refractivity contribution < 1.29 is 0 Å². The summed E-state index contributed by atoms with van der Waals surface area (Å²) in [4.78, 5) is 1.65. The van der Waals surface area contributed by atoms with Crippen molar-refractivity contribution >= 4 is 5.96 Å². The molecule has 0 saturated carbocycles. The van der Waals surface area contributed by atoms with Gasteiger partial charge in [0.25, 0.3) is 0 Å². The van der Waals surface area contributed by atoms with Crippen molar-refractivity contribution in [3.8, 4) is 0 Å². The van der Waals surface area contributed by atoms with Gasteiger partial charge in [-0.15, -0.1) is 5.11 Å². The van der Waals surface area contributed by atoms with Crippen LogP contribution < -0.4 is 11.1 Å². The molecule has 0 aromatic rings. The fraction of sp³-hybridized carbons (Fsp3) is 0.444. The Kier molecular flexibility index (Phi) is 3.43. The molecule has 0 amide bonds. The third kappa shape index (κ3) is 3.08. The van der Waals surface area contributed by atoms with Crippen LogP contribution in [0.3, 0.4) is 0 Å². The first kappa shape index (κ1) is 11.2. The maximum Gasteiger partial charge on any atom is 0.190 e. The van der Waals surface area contributed by atoms with Gasteiger partial charge in [0.15, 0.2) is 5.96 Å². The van der Waals surface area contributed by atoms with Gasteiger partial charge in [0.05, 0.1) is 0 Å².